The first-order valence-electron chi connectivity index (χ1n) is 9.54. The Morgan fingerprint density at radius 1 is 1.03 bits per heavy atom. The van der Waals surface area contributed by atoms with E-state index in [0.29, 0.717) is 40.5 Å². The van der Waals surface area contributed by atoms with Gasteiger partial charge >= 0.3 is 0 Å². The van der Waals surface area contributed by atoms with Gasteiger partial charge in [0.05, 0.1) is 0 Å². The predicted molar refractivity (Wildman–Crippen MR) is 117 cm³/mol. The third-order valence-electron chi connectivity index (χ3n) is 4.33. The van der Waals surface area contributed by atoms with Crippen LogP contribution in [0.25, 0.3) is 11.5 Å². The van der Waals surface area contributed by atoms with Gasteiger partial charge in [-0.2, -0.15) is 8.78 Å². The summed E-state index contributed by atoms with van der Waals surface area (Å²) in [6, 6.07) is 9.56. The van der Waals surface area contributed by atoms with Gasteiger partial charge in [0, 0.05) is 43.4 Å². The minimum absolute atomic E-state index is 0.0100. The van der Waals surface area contributed by atoms with Gasteiger partial charge in [0.15, 0.2) is 5.82 Å². The maximum absolute atomic E-state index is 13.6. The summed E-state index contributed by atoms with van der Waals surface area (Å²) in [6.07, 6.45) is 1.30. The number of alkyl halides is 2. The minimum atomic E-state index is -3.07. The molecule has 0 aliphatic rings. The van der Waals surface area contributed by atoms with Crippen LogP contribution < -0.4 is 10.6 Å². The molecule has 0 spiro atoms. The molecule has 0 unspecified atom stereocenters. The third-order valence-corrected chi connectivity index (χ3v) is 4.54. The molecular weight excluding hydrogens is 426 g/mol. The number of hydrogen-bond acceptors (Lipinski definition) is 7. The molecule has 164 valence electrons. The number of nitrogens with one attached hydrogen (secondary N) is 2. The van der Waals surface area contributed by atoms with E-state index in [1.807, 2.05) is 13.8 Å². The lowest BCUT2D eigenvalue weighted by molar-refractivity contribution is 0.0128. The lowest BCUT2D eigenvalue weighted by Gasteiger charge is -2.22. The van der Waals surface area contributed by atoms with Crippen LogP contribution in [-0.4, -0.2) is 38.2 Å². The summed E-state index contributed by atoms with van der Waals surface area (Å²) in [4.78, 5) is 16.9. The van der Waals surface area contributed by atoms with Gasteiger partial charge < -0.3 is 15.7 Å². The Kier molecular flexibility index (Phi) is 6.66. The Hall–Kier alpha value is -2.91. The summed E-state index contributed by atoms with van der Waals surface area (Å²) in [5, 5.41) is 16.0. The van der Waals surface area contributed by atoms with Crippen molar-refractivity contribution in [2.45, 2.75) is 26.7 Å². The summed E-state index contributed by atoms with van der Waals surface area (Å²) in [6.45, 7) is 5.04. The van der Waals surface area contributed by atoms with Crippen LogP contribution in [0.5, 0.6) is 0 Å². The molecule has 0 fully saturated rings. The Labute approximate surface area is 184 Å². The molecule has 3 rings (SSSR count). The average Bonchev–Trinajstić information content (AvgIpc) is 2.72. The lowest BCUT2D eigenvalue weighted by atomic mass is 9.95. The van der Waals surface area contributed by atoms with E-state index in [4.69, 9.17) is 11.6 Å². The quantitative estimate of drug-likeness (QED) is 0.423. The molecule has 0 saturated carbocycles. The Morgan fingerprint density at radius 3 is 2.45 bits per heavy atom. The topological polar surface area (TPSA) is 95.8 Å². The first kappa shape index (κ1) is 22.8. The zero-order chi connectivity index (χ0) is 22.6. The van der Waals surface area contributed by atoms with Gasteiger partial charge in [0.25, 0.3) is 5.92 Å². The molecule has 3 aromatic rings. The van der Waals surface area contributed by atoms with Crippen molar-refractivity contribution < 1.29 is 13.9 Å². The molecule has 3 aromatic heterocycles. The number of aliphatic hydroxyl groups excluding tert-OH is 1. The summed E-state index contributed by atoms with van der Waals surface area (Å²) in [7, 11) is 0. The highest BCUT2D eigenvalue weighted by atomic mass is 35.5. The number of aliphatic hydroxyl groups is 1. The molecule has 0 aliphatic heterocycles. The molecule has 0 aromatic carbocycles. The number of anilines is 3. The number of pyridine rings is 2. The number of rotatable bonds is 8. The molecule has 0 atom stereocenters. The molecule has 0 radical (unpaired) electrons. The lowest BCUT2D eigenvalue weighted by Crippen LogP contribution is -2.27. The molecule has 3 N–H and O–H groups in total. The smallest absolute Gasteiger partial charge is 0.287 e. The molecule has 0 saturated heterocycles. The van der Waals surface area contributed by atoms with Crippen molar-refractivity contribution in [2.75, 3.05) is 23.8 Å². The summed E-state index contributed by atoms with van der Waals surface area (Å²) in [5.41, 5.74) is 0.124. The van der Waals surface area contributed by atoms with Gasteiger partial charge in [0.2, 0.25) is 0 Å². The van der Waals surface area contributed by atoms with Crippen LogP contribution in [-0.2, 0) is 5.92 Å². The van der Waals surface area contributed by atoms with Crippen LogP contribution in [0.1, 0.15) is 26.5 Å². The van der Waals surface area contributed by atoms with Crippen molar-refractivity contribution in [1.82, 2.24) is 19.9 Å². The third kappa shape index (κ3) is 6.28. The van der Waals surface area contributed by atoms with E-state index in [1.54, 1.807) is 30.3 Å². The van der Waals surface area contributed by atoms with E-state index in [1.165, 1.54) is 12.3 Å². The number of hydrogen-bond donors (Lipinski definition) is 3. The predicted octanol–water partition coefficient (Wildman–Crippen LogP) is 4.87. The summed E-state index contributed by atoms with van der Waals surface area (Å²) in [5.74, 6) is -1.92. The van der Waals surface area contributed by atoms with Crippen LogP contribution in [0.4, 0.5) is 26.1 Å². The average molecular weight is 449 g/mol. The molecule has 0 amide bonds. The van der Waals surface area contributed by atoms with E-state index in [2.05, 4.69) is 30.6 Å². The molecule has 0 bridgehead atoms. The fraction of sp³-hybridized carbons (Fsp3) is 0.333. The highest BCUT2D eigenvalue weighted by molar-refractivity contribution is 6.29. The fourth-order valence-corrected chi connectivity index (χ4v) is 2.69. The van der Waals surface area contributed by atoms with Crippen molar-refractivity contribution in [3.8, 4) is 11.5 Å². The standard InChI is InChI=1S/C21H23ClF2N6O/c1-20(2,12-31)11-26-17-10-18(27-13-7-8-25-15(9-13)21(3,23)24)30-19(29-17)14-5-4-6-16(22)28-14/h4-10,31H,11-12H2,1-3H3,(H2,25,26,27,29,30). The molecular formula is C21H23ClF2N6O. The van der Waals surface area contributed by atoms with Gasteiger partial charge in [-0.25, -0.2) is 15.0 Å². The fourth-order valence-electron chi connectivity index (χ4n) is 2.53. The molecule has 7 nitrogen and oxygen atoms in total. The normalized spacial score (nSPS) is 12.0. The van der Waals surface area contributed by atoms with E-state index in [-0.39, 0.29) is 17.7 Å². The Morgan fingerprint density at radius 2 is 1.77 bits per heavy atom. The van der Waals surface area contributed by atoms with Gasteiger partial charge in [0.1, 0.15) is 28.2 Å². The van der Waals surface area contributed by atoms with Crippen molar-refractivity contribution in [3.63, 3.8) is 0 Å². The highest BCUT2D eigenvalue weighted by Gasteiger charge is 2.26. The number of halogens is 3. The zero-order valence-corrected chi connectivity index (χ0v) is 18.1. The van der Waals surface area contributed by atoms with Gasteiger partial charge in [-0.05, 0) is 24.3 Å². The van der Waals surface area contributed by atoms with E-state index in [9.17, 15) is 13.9 Å². The Bertz CT molecular complexity index is 1060. The van der Waals surface area contributed by atoms with Crippen molar-refractivity contribution >= 4 is 28.9 Å². The molecule has 0 aliphatic carbocycles. The van der Waals surface area contributed by atoms with Gasteiger partial charge in [-0.15, -0.1) is 0 Å². The van der Waals surface area contributed by atoms with Crippen LogP contribution in [0.3, 0.4) is 0 Å². The van der Waals surface area contributed by atoms with Crippen LogP contribution >= 0.6 is 11.6 Å². The van der Waals surface area contributed by atoms with Gasteiger partial charge in [-0.3, -0.25) is 4.98 Å². The number of nitrogens with zero attached hydrogens (tertiary/aromatic N) is 4. The first-order chi connectivity index (χ1) is 14.6. The van der Waals surface area contributed by atoms with E-state index < -0.39 is 5.92 Å². The summed E-state index contributed by atoms with van der Waals surface area (Å²) < 4.78 is 27.3. The van der Waals surface area contributed by atoms with Crippen molar-refractivity contribution in [1.29, 1.82) is 0 Å². The van der Waals surface area contributed by atoms with Crippen LogP contribution in [0.15, 0.2) is 42.6 Å². The van der Waals surface area contributed by atoms with Gasteiger partial charge in [-0.1, -0.05) is 31.5 Å². The van der Waals surface area contributed by atoms with Crippen molar-refractivity contribution in [2.24, 2.45) is 5.41 Å². The summed E-state index contributed by atoms with van der Waals surface area (Å²) >= 11 is 6.00. The SMILES string of the molecule is CC(C)(CO)CNc1cc(Nc2ccnc(C(C)(F)F)c2)nc(-c2cccc(Cl)n2)n1. The second-order valence-electron chi connectivity index (χ2n) is 7.93. The number of aromatic nitrogens is 4. The largest absolute Gasteiger partial charge is 0.396 e. The molecule has 31 heavy (non-hydrogen) atoms. The highest BCUT2D eigenvalue weighted by Crippen LogP contribution is 2.28. The maximum atomic E-state index is 13.6. The van der Waals surface area contributed by atoms with E-state index >= 15 is 0 Å². The monoisotopic (exact) mass is 448 g/mol. The van der Waals surface area contributed by atoms with Crippen LogP contribution in [0, 0.1) is 5.41 Å². The molecule has 10 heteroatoms. The first-order valence-corrected chi connectivity index (χ1v) is 9.92. The second kappa shape index (κ2) is 9.07. The second-order valence-corrected chi connectivity index (χ2v) is 8.31. The minimum Gasteiger partial charge on any atom is -0.396 e. The Balaban J connectivity index is 1.97. The van der Waals surface area contributed by atoms with Crippen LogP contribution in [0.2, 0.25) is 5.15 Å². The molecule has 3 heterocycles. The van der Waals surface area contributed by atoms with E-state index in [0.717, 1.165) is 6.92 Å². The maximum Gasteiger partial charge on any atom is 0.287 e. The zero-order valence-electron chi connectivity index (χ0n) is 17.3. The van der Waals surface area contributed by atoms with Crippen molar-refractivity contribution in [3.05, 3.63) is 53.4 Å².